The number of ether oxygens (including phenoxy) is 1. The van der Waals surface area contributed by atoms with Gasteiger partial charge in [-0.2, -0.15) is 13.2 Å². The van der Waals surface area contributed by atoms with Crippen molar-refractivity contribution in [2.45, 2.75) is 38.0 Å². The van der Waals surface area contributed by atoms with E-state index in [9.17, 15) is 22.8 Å². The van der Waals surface area contributed by atoms with Gasteiger partial charge < -0.3 is 10.1 Å². The Morgan fingerprint density at radius 1 is 1.32 bits per heavy atom. The van der Waals surface area contributed by atoms with Crippen molar-refractivity contribution in [1.29, 1.82) is 0 Å². The fraction of sp³-hybridized carbons (Fsp3) is 0.412. The summed E-state index contributed by atoms with van der Waals surface area (Å²) in [6, 6.07) is 3.19. The van der Waals surface area contributed by atoms with E-state index in [1.54, 1.807) is 6.92 Å². The number of amides is 2. The lowest BCUT2D eigenvalue weighted by atomic mass is 9.93. The summed E-state index contributed by atoms with van der Waals surface area (Å²) in [4.78, 5) is 26.2. The smallest absolute Gasteiger partial charge is 0.416 e. The van der Waals surface area contributed by atoms with Crippen LogP contribution in [0.5, 0.6) is 0 Å². The van der Waals surface area contributed by atoms with E-state index >= 15 is 0 Å². The van der Waals surface area contributed by atoms with Gasteiger partial charge in [-0.1, -0.05) is 12.1 Å². The predicted octanol–water partition coefficient (Wildman–Crippen LogP) is 3.38. The maximum absolute atomic E-state index is 13.0. The van der Waals surface area contributed by atoms with Crippen molar-refractivity contribution in [3.05, 3.63) is 46.7 Å². The largest absolute Gasteiger partial charge is 0.466 e. The second-order valence-electron chi connectivity index (χ2n) is 6.10. The monoisotopic (exact) mass is 354 g/mol. The van der Waals surface area contributed by atoms with Gasteiger partial charge in [0.15, 0.2) is 0 Å². The van der Waals surface area contributed by atoms with Crippen LogP contribution in [0.4, 0.5) is 18.0 Å². The van der Waals surface area contributed by atoms with Gasteiger partial charge in [-0.3, -0.25) is 4.90 Å². The molecule has 1 atom stereocenters. The zero-order valence-electron chi connectivity index (χ0n) is 13.7. The number of hydrogen-bond donors (Lipinski definition) is 1. The number of halogens is 3. The van der Waals surface area contributed by atoms with Crippen molar-refractivity contribution >= 4 is 12.0 Å². The summed E-state index contributed by atoms with van der Waals surface area (Å²) in [5.74, 6) is -0.675. The number of hydrogen-bond acceptors (Lipinski definition) is 3. The Hall–Kier alpha value is -2.51. The van der Waals surface area contributed by atoms with Gasteiger partial charge in [0.25, 0.3) is 0 Å². The average Bonchev–Trinajstić information content (AvgIpc) is 3.38. The first kappa shape index (κ1) is 17.3. The van der Waals surface area contributed by atoms with Crippen molar-refractivity contribution in [2.24, 2.45) is 0 Å². The van der Waals surface area contributed by atoms with Crippen LogP contribution in [0.3, 0.4) is 0 Å². The van der Waals surface area contributed by atoms with Crippen LogP contribution in [0, 0.1) is 0 Å². The van der Waals surface area contributed by atoms with Gasteiger partial charge in [-0.15, -0.1) is 0 Å². The molecule has 2 aliphatic rings. The van der Waals surface area contributed by atoms with Gasteiger partial charge in [0, 0.05) is 11.7 Å². The molecule has 1 aromatic carbocycles. The van der Waals surface area contributed by atoms with Crippen molar-refractivity contribution < 1.29 is 27.5 Å². The van der Waals surface area contributed by atoms with Crippen LogP contribution in [-0.2, 0) is 15.7 Å². The Balaban J connectivity index is 2.08. The van der Waals surface area contributed by atoms with E-state index in [4.69, 9.17) is 4.74 Å². The molecule has 0 spiro atoms. The Labute approximate surface area is 142 Å². The van der Waals surface area contributed by atoms with Crippen LogP contribution in [0.15, 0.2) is 35.5 Å². The number of carbonyl (C=O) groups excluding carboxylic acids is 2. The highest BCUT2D eigenvalue weighted by atomic mass is 19.4. The van der Waals surface area contributed by atoms with E-state index < -0.39 is 29.8 Å². The number of allylic oxidation sites excluding steroid dienone is 1. The molecule has 1 aliphatic carbocycles. The fourth-order valence-electron chi connectivity index (χ4n) is 3.05. The summed E-state index contributed by atoms with van der Waals surface area (Å²) in [6.07, 6.45) is -2.86. The van der Waals surface area contributed by atoms with E-state index in [-0.39, 0.29) is 17.2 Å². The van der Waals surface area contributed by atoms with Crippen molar-refractivity contribution in [1.82, 2.24) is 10.2 Å². The van der Waals surface area contributed by atoms with Gasteiger partial charge in [0.05, 0.1) is 24.3 Å². The maximum Gasteiger partial charge on any atom is 0.416 e. The molecule has 134 valence electrons. The second kappa shape index (κ2) is 6.09. The maximum atomic E-state index is 13.0. The number of esters is 1. The number of rotatable bonds is 3. The average molecular weight is 354 g/mol. The summed E-state index contributed by atoms with van der Waals surface area (Å²) >= 11 is 0. The van der Waals surface area contributed by atoms with Crippen LogP contribution in [0.25, 0.3) is 0 Å². The molecule has 0 aromatic heterocycles. The standard InChI is InChI=1S/C17H17F3N2O3/c1-9-13(15(23)25-2)14(21-16(24)22(9)12-6-7-12)10-4-3-5-11(8-10)17(18,19)20/h3-5,8,12,14H,6-7H2,1-2H3,(H,21,24)/t14-/m1/s1. The van der Waals surface area contributed by atoms with E-state index in [1.165, 1.54) is 24.1 Å². The number of methoxy groups -OCH3 is 1. The summed E-state index contributed by atoms with van der Waals surface area (Å²) < 4.78 is 43.8. The van der Waals surface area contributed by atoms with Crippen LogP contribution in [0.1, 0.15) is 36.9 Å². The molecule has 0 unspecified atom stereocenters. The SMILES string of the molecule is COC(=O)C1=C(C)N(C2CC2)C(=O)N[C@@H]1c1cccc(C(F)(F)F)c1. The van der Waals surface area contributed by atoms with Gasteiger partial charge in [0.2, 0.25) is 0 Å². The second-order valence-corrected chi connectivity index (χ2v) is 6.10. The molecule has 1 fully saturated rings. The Morgan fingerprint density at radius 3 is 2.56 bits per heavy atom. The lowest BCUT2D eigenvalue weighted by molar-refractivity contribution is -0.137. The minimum Gasteiger partial charge on any atom is -0.466 e. The molecule has 3 rings (SSSR count). The Morgan fingerprint density at radius 2 is 2.00 bits per heavy atom. The molecular formula is C17H17F3N2O3. The number of urea groups is 1. The molecule has 8 heteroatoms. The molecule has 1 heterocycles. The zero-order chi connectivity index (χ0) is 18.4. The highest BCUT2D eigenvalue weighted by Gasteiger charge is 2.43. The topological polar surface area (TPSA) is 58.6 Å². The lowest BCUT2D eigenvalue weighted by Crippen LogP contribution is -2.48. The number of nitrogens with one attached hydrogen (secondary N) is 1. The van der Waals surface area contributed by atoms with Crippen molar-refractivity contribution in [3.8, 4) is 0 Å². The van der Waals surface area contributed by atoms with E-state index in [0.29, 0.717) is 5.70 Å². The Kier molecular flexibility index (Phi) is 4.22. The van der Waals surface area contributed by atoms with E-state index in [0.717, 1.165) is 25.0 Å². The molecule has 2 amide bonds. The molecule has 1 aliphatic heterocycles. The van der Waals surface area contributed by atoms with Crippen molar-refractivity contribution in [3.63, 3.8) is 0 Å². The Bertz CT molecular complexity index is 754. The van der Waals surface area contributed by atoms with Crippen LogP contribution in [0.2, 0.25) is 0 Å². The first-order valence-electron chi connectivity index (χ1n) is 7.80. The molecule has 1 N–H and O–H groups in total. The zero-order valence-corrected chi connectivity index (χ0v) is 13.7. The van der Waals surface area contributed by atoms with Crippen LogP contribution in [-0.4, -0.2) is 30.1 Å². The quantitative estimate of drug-likeness (QED) is 0.847. The molecule has 25 heavy (non-hydrogen) atoms. The molecule has 0 radical (unpaired) electrons. The first-order chi connectivity index (χ1) is 11.7. The summed E-state index contributed by atoms with van der Waals surface area (Å²) in [6.45, 7) is 1.62. The molecule has 0 bridgehead atoms. The minimum absolute atomic E-state index is 0.0158. The van der Waals surface area contributed by atoms with E-state index in [2.05, 4.69) is 5.32 Å². The molecular weight excluding hydrogens is 337 g/mol. The normalized spacial score (nSPS) is 21.2. The van der Waals surface area contributed by atoms with Gasteiger partial charge in [-0.05, 0) is 37.5 Å². The van der Waals surface area contributed by atoms with E-state index in [1.807, 2.05) is 0 Å². The number of carbonyl (C=O) groups is 2. The molecule has 0 saturated heterocycles. The van der Waals surface area contributed by atoms with Crippen LogP contribution < -0.4 is 5.32 Å². The fourth-order valence-corrected chi connectivity index (χ4v) is 3.05. The molecule has 1 aromatic rings. The number of nitrogens with zero attached hydrogens (tertiary/aromatic N) is 1. The van der Waals surface area contributed by atoms with Gasteiger partial charge >= 0.3 is 18.2 Å². The molecule has 5 nitrogen and oxygen atoms in total. The summed E-state index contributed by atoms with van der Waals surface area (Å²) in [5, 5.41) is 2.64. The van der Waals surface area contributed by atoms with Gasteiger partial charge in [0.1, 0.15) is 0 Å². The van der Waals surface area contributed by atoms with Crippen LogP contribution >= 0.6 is 0 Å². The third kappa shape index (κ3) is 3.20. The third-order valence-corrected chi connectivity index (χ3v) is 4.39. The third-order valence-electron chi connectivity index (χ3n) is 4.39. The highest BCUT2D eigenvalue weighted by molar-refractivity contribution is 5.95. The van der Waals surface area contributed by atoms with Gasteiger partial charge in [-0.25, -0.2) is 9.59 Å². The lowest BCUT2D eigenvalue weighted by Gasteiger charge is -2.35. The summed E-state index contributed by atoms with van der Waals surface area (Å²) in [5.41, 5.74) is -0.0991. The minimum atomic E-state index is -4.51. The highest BCUT2D eigenvalue weighted by Crippen LogP contribution is 2.39. The summed E-state index contributed by atoms with van der Waals surface area (Å²) in [7, 11) is 1.20. The number of benzene rings is 1. The molecule has 1 saturated carbocycles. The predicted molar refractivity (Wildman–Crippen MR) is 82.3 cm³/mol. The van der Waals surface area contributed by atoms with Crippen molar-refractivity contribution in [2.75, 3.05) is 7.11 Å². The number of alkyl halides is 3. The first-order valence-corrected chi connectivity index (χ1v) is 7.80.